The molecule has 134 valence electrons. The van der Waals surface area contributed by atoms with Crippen LogP contribution in [0.15, 0.2) is 18.2 Å². The number of likely N-dealkylation sites (tertiary alicyclic amines) is 1. The Morgan fingerprint density at radius 2 is 1.76 bits per heavy atom. The van der Waals surface area contributed by atoms with Gasteiger partial charge in [0.15, 0.2) is 11.6 Å². The predicted octanol–water partition coefficient (Wildman–Crippen LogP) is 2.32. The van der Waals surface area contributed by atoms with Crippen molar-refractivity contribution in [2.45, 2.75) is 38.6 Å². The van der Waals surface area contributed by atoms with E-state index in [4.69, 9.17) is 0 Å². The molecule has 3 atom stereocenters. The number of nitrogens with zero attached hydrogens (tertiary/aromatic N) is 1. The summed E-state index contributed by atoms with van der Waals surface area (Å²) >= 11 is 0. The third-order valence-corrected chi connectivity index (χ3v) is 5.06. The van der Waals surface area contributed by atoms with Gasteiger partial charge in [0.05, 0.1) is 17.9 Å². The minimum atomic E-state index is -0.993. The molecule has 0 aromatic heterocycles. The predicted molar refractivity (Wildman–Crippen MR) is 85.1 cm³/mol. The molecule has 3 rings (SSSR count). The Morgan fingerprint density at radius 1 is 1.16 bits per heavy atom. The van der Waals surface area contributed by atoms with Gasteiger partial charge in [-0.2, -0.15) is 0 Å². The molecule has 2 aliphatic rings. The van der Waals surface area contributed by atoms with Crippen molar-refractivity contribution in [2.24, 2.45) is 11.8 Å². The molecule has 3 unspecified atom stereocenters. The number of carbonyl (C=O) groups is 3. The van der Waals surface area contributed by atoms with E-state index < -0.39 is 23.6 Å². The molecule has 1 aliphatic carbocycles. The van der Waals surface area contributed by atoms with E-state index >= 15 is 0 Å². The van der Waals surface area contributed by atoms with Crippen LogP contribution in [-0.4, -0.2) is 29.2 Å². The normalized spacial score (nSPS) is 24.2. The van der Waals surface area contributed by atoms with Crippen LogP contribution in [0.4, 0.5) is 8.78 Å². The maximum Gasteiger partial charge on any atom is 0.240 e. The second kappa shape index (κ2) is 6.90. The van der Waals surface area contributed by atoms with Gasteiger partial charge >= 0.3 is 0 Å². The largest absolute Gasteiger partial charge is 0.348 e. The molecule has 1 aromatic carbocycles. The first-order chi connectivity index (χ1) is 11.9. The Bertz CT molecular complexity index is 698. The molecule has 2 fully saturated rings. The molecule has 0 bridgehead atoms. The zero-order valence-corrected chi connectivity index (χ0v) is 13.9. The molecule has 1 heterocycles. The molecule has 1 aromatic rings. The maximum atomic E-state index is 13.3. The lowest BCUT2D eigenvalue weighted by Gasteiger charge is -2.19. The smallest absolute Gasteiger partial charge is 0.240 e. The average molecular weight is 350 g/mol. The number of imide groups is 1. The zero-order chi connectivity index (χ0) is 18.1. The lowest BCUT2D eigenvalue weighted by Crippen LogP contribution is -2.41. The number of nitrogens with one attached hydrogen (secondary N) is 1. The van der Waals surface area contributed by atoms with Crippen molar-refractivity contribution in [1.29, 1.82) is 0 Å². The lowest BCUT2D eigenvalue weighted by atomic mass is 9.81. The Labute approximate surface area is 144 Å². The Hall–Kier alpha value is -2.31. The van der Waals surface area contributed by atoms with E-state index in [1.54, 1.807) is 6.92 Å². The summed E-state index contributed by atoms with van der Waals surface area (Å²) in [5, 5.41) is 2.62. The van der Waals surface area contributed by atoms with Crippen LogP contribution in [0.3, 0.4) is 0 Å². The van der Waals surface area contributed by atoms with E-state index in [1.807, 2.05) is 0 Å². The molecule has 25 heavy (non-hydrogen) atoms. The Morgan fingerprint density at radius 3 is 2.32 bits per heavy atom. The standard InChI is InChI=1S/C18H20F2N2O3/c1-10(11-6-7-14(19)15(20)8-11)21-16(23)9-22-17(24)12-4-2-3-5-13(12)18(22)25/h6-8,10,12-13H,2-5,9H2,1H3,(H,21,23). The Kier molecular flexibility index (Phi) is 4.83. The Balaban J connectivity index is 1.63. The van der Waals surface area contributed by atoms with Gasteiger partial charge < -0.3 is 5.32 Å². The van der Waals surface area contributed by atoms with Crippen molar-refractivity contribution in [2.75, 3.05) is 6.54 Å². The maximum absolute atomic E-state index is 13.3. The van der Waals surface area contributed by atoms with Crippen LogP contribution in [0.25, 0.3) is 0 Å². The lowest BCUT2D eigenvalue weighted by molar-refractivity contribution is -0.143. The summed E-state index contributed by atoms with van der Waals surface area (Å²) in [6, 6.07) is 2.81. The highest BCUT2D eigenvalue weighted by Gasteiger charge is 2.48. The van der Waals surface area contributed by atoms with Crippen molar-refractivity contribution in [3.05, 3.63) is 35.4 Å². The SMILES string of the molecule is CC(NC(=O)CN1C(=O)C2CCCCC2C1=O)c1ccc(F)c(F)c1. The van der Waals surface area contributed by atoms with E-state index in [2.05, 4.69) is 5.32 Å². The van der Waals surface area contributed by atoms with Gasteiger partial charge in [0, 0.05) is 0 Å². The molecule has 1 N–H and O–H groups in total. The van der Waals surface area contributed by atoms with Crippen molar-refractivity contribution >= 4 is 17.7 Å². The third-order valence-electron chi connectivity index (χ3n) is 5.06. The van der Waals surface area contributed by atoms with E-state index in [-0.39, 0.29) is 30.2 Å². The average Bonchev–Trinajstić information content (AvgIpc) is 2.82. The second-order valence-electron chi connectivity index (χ2n) is 6.72. The number of carbonyl (C=O) groups excluding carboxylic acids is 3. The highest BCUT2D eigenvalue weighted by molar-refractivity contribution is 6.07. The summed E-state index contributed by atoms with van der Waals surface area (Å²) in [6.45, 7) is 1.29. The van der Waals surface area contributed by atoms with Crippen molar-refractivity contribution in [3.8, 4) is 0 Å². The van der Waals surface area contributed by atoms with Gasteiger partial charge in [0.2, 0.25) is 17.7 Å². The summed E-state index contributed by atoms with van der Waals surface area (Å²) in [7, 11) is 0. The first-order valence-corrected chi connectivity index (χ1v) is 8.48. The number of fused-ring (bicyclic) bond motifs is 1. The first kappa shape index (κ1) is 17.5. The zero-order valence-electron chi connectivity index (χ0n) is 13.9. The number of hydrogen-bond donors (Lipinski definition) is 1. The highest BCUT2D eigenvalue weighted by atomic mass is 19.2. The molecular weight excluding hydrogens is 330 g/mol. The van der Waals surface area contributed by atoms with Crippen molar-refractivity contribution in [1.82, 2.24) is 10.2 Å². The number of amides is 3. The van der Waals surface area contributed by atoms with Gasteiger partial charge in [-0.25, -0.2) is 8.78 Å². The minimum absolute atomic E-state index is 0.273. The summed E-state index contributed by atoms with van der Waals surface area (Å²) < 4.78 is 26.3. The fourth-order valence-electron chi connectivity index (χ4n) is 3.68. The second-order valence-corrected chi connectivity index (χ2v) is 6.72. The van der Waals surface area contributed by atoms with E-state index in [9.17, 15) is 23.2 Å². The van der Waals surface area contributed by atoms with Gasteiger partial charge in [-0.05, 0) is 37.5 Å². The van der Waals surface area contributed by atoms with E-state index in [0.29, 0.717) is 18.4 Å². The fraction of sp³-hybridized carbons (Fsp3) is 0.500. The van der Waals surface area contributed by atoms with Crippen LogP contribution in [0.5, 0.6) is 0 Å². The summed E-state index contributed by atoms with van der Waals surface area (Å²) in [4.78, 5) is 38.0. The third kappa shape index (κ3) is 3.41. The van der Waals surface area contributed by atoms with Gasteiger partial charge in [0.1, 0.15) is 6.54 Å². The highest BCUT2D eigenvalue weighted by Crippen LogP contribution is 2.37. The van der Waals surface area contributed by atoms with Crippen molar-refractivity contribution < 1.29 is 23.2 Å². The number of benzene rings is 1. The topological polar surface area (TPSA) is 66.5 Å². The van der Waals surface area contributed by atoms with Crippen LogP contribution in [0, 0.1) is 23.5 Å². The van der Waals surface area contributed by atoms with Crippen LogP contribution in [-0.2, 0) is 14.4 Å². The molecule has 0 spiro atoms. The monoisotopic (exact) mass is 350 g/mol. The molecule has 5 nitrogen and oxygen atoms in total. The minimum Gasteiger partial charge on any atom is -0.348 e. The van der Waals surface area contributed by atoms with Crippen LogP contribution in [0.2, 0.25) is 0 Å². The first-order valence-electron chi connectivity index (χ1n) is 8.48. The number of hydrogen-bond acceptors (Lipinski definition) is 3. The molecule has 0 radical (unpaired) electrons. The van der Waals surface area contributed by atoms with Gasteiger partial charge in [-0.1, -0.05) is 18.9 Å². The van der Waals surface area contributed by atoms with Crippen LogP contribution >= 0.6 is 0 Å². The fourth-order valence-corrected chi connectivity index (χ4v) is 3.68. The number of halogens is 2. The van der Waals surface area contributed by atoms with Crippen molar-refractivity contribution in [3.63, 3.8) is 0 Å². The van der Waals surface area contributed by atoms with E-state index in [0.717, 1.165) is 29.9 Å². The summed E-state index contributed by atoms with van der Waals surface area (Å²) in [5.74, 6) is -3.59. The van der Waals surface area contributed by atoms with E-state index in [1.165, 1.54) is 6.07 Å². The molecule has 1 saturated carbocycles. The number of rotatable bonds is 4. The van der Waals surface area contributed by atoms with Gasteiger partial charge in [-0.15, -0.1) is 0 Å². The molecule has 7 heteroatoms. The summed E-state index contributed by atoms with van der Waals surface area (Å²) in [6.07, 6.45) is 3.23. The summed E-state index contributed by atoms with van der Waals surface area (Å²) in [5.41, 5.74) is 0.403. The van der Waals surface area contributed by atoms with Crippen LogP contribution in [0.1, 0.15) is 44.2 Å². The van der Waals surface area contributed by atoms with Crippen LogP contribution < -0.4 is 5.32 Å². The van der Waals surface area contributed by atoms with Gasteiger partial charge in [0.25, 0.3) is 0 Å². The molecule has 1 saturated heterocycles. The van der Waals surface area contributed by atoms with Gasteiger partial charge in [-0.3, -0.25) is 19.3 Å². The molecule has 3 amide bonds. The molecule has 1 aliphatic heterocycles. The molecular formula is C18H20F2N2O3. The quantitative estimate of drug-likeness (QED) is 0.848.